The molecule has 0 aliphatic carbocycles. The Balaban J connectivity index is 1.68. The molecule has 0 spiro atoms. The monoisotopic (exact) mass is 380 g/mol. The van der Waals surface area contributed by atoms with Crippen molar-refractivity contribution in [3.05, 3.63) is 71.6 Å². The molecule has 1 N–H and O–H groups in total. The third kappa shape index (κ3) is 4.49. The molecule has 0 saturated carbocycles. The molecule has 2 heterocycles. The molecule has 28 heavy (non-hydrogen) atoms. The molecule has 0 aliphatic heterocycles. The van der Waals surface area contributed by atoms with Gasteiger partial charge in [-0.25, -0.2) is 9.78 Å². The number of rotatable bonds is 7. The third-order valence-electron chi connectivity index (χ3n) is 4.51. The summed E-state index contributed by atoms with van der Waals surface area (Å²) in [5.41, 5.74) is 3.85. The summed E-state index contributed by atoms with van der Waals surface area (Å²) >= 11 is 0. The molecule has 2 aromatic heterocycles. The summed E-state index contributed by atoms with van der Waals surface area (Å²) in [5.74, 6) is -0.522. The van der Waals surface area contributed by atoms with Crippen LogP contribution >= 0.6 is 0 Å². The third-order valence-corrected chi connectivity index (χ3v) is 4.51. The predicted molar refractivity (Wildman–Crippen MR) is 106 cm³/mol. The number of amides is 1. The summed E-state index contributed by atoms with van der Waals surface area (Å²) in [6, 6.07) is 9.47. The van der Waals surface area contributed by atoms with Crippen molar-refractivity contribution in [2.24, 2.45) is 0 Å². The number of aromatic nitrogens is 3. The van der Waals surface area contributed by atoms with Crippen LogP contribution in [0.5, 0.6) is 0 Å². The van der Waals surface area contributed by atoms with Gasteiger partial charge in [0.15, 0.2) is 0 Å². The first kappa shape index (κ1) is 19.4. The van der Waals surface area contributed by atoms with Crippen LogP contribution in [0.4, 0.5) is 5.69 Å². The lowest BCUT2D eigenvalue weighted by molar-refractivity contribution is -0.116. The van der Waals surface area contributed by atoms with Gasteiger partial charge in [0.1, 0.15) is 6.54 Å². The maximum atomic E-state index is 12.6. The van der Waals surface area contributed by atoms with Crippen LogP contribution in [0.3, 0.4) is 0 Å². The molecule has 7 nitrogen and oxygen atoms in total. The Hall–Kier alpha value is -3.35. The van der Waals surface area contributed by atoms with E-state index in [9.17, 15) is 9.59 Å². The van der Waals surface area contributed by atoms with Crippen molar-refractivity contribution >= 4 is 17.6 Å². The quantitative estimate of drug-likeness (QED) is 0.639. The van der Waals surface area contributed by atoms with Gasteiger partial charge in [-0.3, -0.25) is 4.79 Å². The normalized spacial score (nSPS) is 10.7. The van der Waals surface area contributed by atoms with Gasteiger partial charge in [-0.2, -0.15) is 0 Å². The van der Waals surface area contributed by atoms with Crippen molar-refractivity contribution in [3.63, 3.8) is 0 Å². The van der Waals surface area contributed by atoms with E-state index in [1.807, 2.05) is 53.4 Å². The number of hydrogen-bond donors (Lipinski definition) is 1. The van der Waals surface area contributed by atoms with Gasteiger partial charge >= 0.3 is 5.97 Å². The maximum Gasteiger partial charge on any atom is 0.339 e. The topological polar surface area (TPSA) is 78.1 Å². The summed E-state index contributed by atoms with van der Waals surface area (Å²) < 4.78 is 8.85. The van der Waals surface area contributed by atoms with Crippen molar-refractivity contribution in [1.29, 1.82) is 0 Å². The second-order valence-electron chi connectivity index (χ2n) is 6.57. The molecule has 3 aromatic rings. The highest BCUT2D eigenvalue weighted by atomic mass is 16.5. The molecule has 7 heteroatoms. The Bertz CT molecular complexity index is 974. The van der Waals surface area contributed by atoms with E-state index in [0.29, 0.717) is 18.7 Å². The van der Waals surface area contributed by atoms with E-state index < -0.39 is 0 Å². The molecule has 0 bridgehead atoms. The summed E-state index contributed by atoms with van der Waals surface area (Å²) in [5, 5.41) is 2.93. The highest BCUT2D eigenvalue weighted by Gasteiger charge is 2.18. The lowest BCUT2D eigenvalue weighted by Gasteiger charge is -2.11. The second-order valence-corrected chi connectivity index (χ2v) is 6.57. The summed E-state index contributed by atoms with van der Waals surface area (Å²) in [6.07, 6.45) is 5.38. The fourth-order valence-electron chi connectivity index (χ4n) is 3.14. The minimum atomic E-state index is -0.366. The lowest BCUT2D eigenvalue weighted by atomic mass is 10.2. The van der Waals surface area contributed by atoms with Gasteiger partial charge in [0.05, 0.1) is 18.5 Å². The molecule has 1 amide bonds. The van der Waals surface area contributed by atoms with Gasteiger partial charge in [0.2, 0.25) is 5.91 Å². The average Bonchev–Trinajstić information content (AvgIpc) is 3.25. The molecule has 146 valence electrons. The van der Waals surface area contributed by atoms with Crippen molar-refractivity contribution in [2.75, 3.05) is 11.9 Å². The van der Waals surface area contributed by atoms with Crippen molar-refractivity contribution in [2.45, 2.75) is 33.9 Å². The van der Waals surface area contributed by atoms with E-state index in [1.165, 1.54) is 0 Å². The van der Waals surface area contributed by atoms with Gasteiger partial charge in [-0.05, 0) is 44.5 Å². The Morgan fingerprint density at radius 2 is 2.04 bits per heavy atom. The Kier molecular flexibility index (Phi) is 5.93. The van der Waals surface area contributed by atoms with E-state index in [-0.39, 0.29) is 18.4 Å². The number of nitrogens with one attached hydrogen (secondary N) is 1. The molecule has 1 aromatic carbocycles. The fraction of sp³-hybridized carbons (Fsp3) is 0.286. The minimum Gasteiger partial charge on any atom is -0.462 e. The van der Waals surface area contributed by atoms with Crippen LogP contribution in [0.2, 0.25) is 0 Å². The number of imidazole rings is 1. The Morgan fingerprint density at radius 3 is 2.75 bits per heavy atom. The van der Waals surface area contributed by atoms with Gasteiger partial charge in [-0.15, -0.1) is 0 Å². The predicted octanol–water partition coefficient (Wildman–Crippen LogP) is 3.17. The molecule has 0 fully saturated rings. The van der Waals surface area contributed by atoms with Gasteiger partial charge in [0.25, 0.3) is 0 Å². The lowest BCUT2D eigenvalue weighted by Crippen LogP contribution is -2.20. The maximum absolute atomic E-state index is 12.6. The zero-order chi connectivity index (χ0) is 20.1. The number of nitrogens with zero attached hydrogens (tertiary/aromatic N) is 3. The van der Waals surface area contributed by atoms with Crippen LogP contribution in [0.1, 0.15) is 34.2 Å². The molecular weight excluding hydrogens is 356 g/mol. The van der Waals surface area contributed by atoms with E-state index in [1.54, 1.807) is 25.5 Å². The molecule has 3 rings (SSSR count). The zero-order valence-electron chi connectivity index (χ0n) is 16.3. The van der Waals surface area contributed by atoms with E-state index >= 15 is 0 Å². The zero-order valence-corrected chi connectivity index (χ0v) is 16.3. The van der Waals surface area contributed by atoms with Crippen LogP contribution < -0.4 is 5.32 Å². The molecule has 0 saturated heterocycles. The Labute approximate surface area is 164 Å². The number of ether oxygens (including phenoxy) is 1. The number of hydrogen-bond acceptors (Lipinski definition) is 4. The van der Waals surface area contributed by atoms with Crippen LogP contribution in [0.25, 0.3) is 0 Å². The van der Waals surface area contributed by atoms with Crippen LogP contribution in [-0.2, 0) is 22.6 Å². The van der Waals surface area contributed by atoms with Gasteiger partial charge in [-0.1, -0.05) is 12.1 Å². The van der Waals surface area contributed by atoms with Crippen LogP contribution in [0, 0.1) is 13.8 Å². The van der Waals surface area contributed by atoms with Crippen molar-refractivity contribution in [1.82, 2.24) is 14.1 Å². The number of benzene rings is 1. The first-order valence-electron chi connectivity index (χ1n) is 9.16. The van der Waals surface area contributed by atoms with Crippen LogP contribution in [0.15, 0.2) is 49.1 Å². The number of carbonyl (C=O) groups excluding carboxylic acids is 2. The largest absolute Gasteiger partial charge is 0.462 e. The van der Waals surface area contributed by atoms with Gasteiger partial charge in [0, 0.05) is 36.0 Å². The number of esters is 1. The average molecular weight is 380 g/mol. The number of aryl methyl sites for hydroxylation is 1. The van der Waals surface area contributed by atoms with Gasteiger partial charge < -0.3 is 19.2 Å². The first-order chi connectivity index (χ1) is 13.5. The highest BCUT2D eigenvalue weighted by molar-refractivity contribution is 5.93. The van der Waals surface area contributed by atoms with Crippen LogP contribution in [-0.4, -0.2) is 32.6 Å². The van der Waals surface area contributed by atoms with E-state index in [2.05, 4.69) is 10.3 Å². The van der Waals surface area contributed by atoms with E-state index in [4.69, 9.17) is 4.74 Å². The number of anilines is 1. The summed E-state index contributed by atoms with van der Waals surface area (Å²) in [7, 11) is 0. The Morgan fingerprint density at radius 1 is 1.21 bits per heavy atom. The van der Waals surface area contributed by atoms with E-state index in [0.717, 1.165) is 22.6 Å². The fourth-order valence-corrected chi connectivity index (χ4v) is 3.14. The first-order valence-corrected chi connectivity index (χ1v) is 9.16. The molecule has 0 aliphatic rings. The second kappa shape index (κ2) is 8.56. The summed E-state index contributed by atoms with van der Waals surface area (Å²) in [4.78, 5) is 28.6. The highest BCUT2D eigenvalue weighted by Crippen LogP contribution is 2.17. The van der Waals surface area contributed by atoms with Crippen molar-refractivity contribution < 1.29 is 14.3 Å². The van der Waals surface area contributed by atoms with Crippen molar-refractivity contribution in [3.8, 4) is 0 Å². The molecular formula is C21H24N4O3. The molecule has 0 atom stereocenters. The number of carbonyl (C=O) groups is 2. The molecule has 0 unspecified atom stereocenters. The standard InChI is InChI=1S/C21H24N4O3/c1-4-28-21(27)19-10-15(2)25(16(19)3)13-20(26)23-18-7-5-6-17(11-18)12-24-9-8-22-14-24/h5-11,14H,4,12-13H2,1-3H3,(H,23,26). The minimum absolute atomic E-state index is 0.128. The molecule has 0 radical (unpaired) electrons. The SMILES string of the molecule is CCOC(=O)c1cc(C)n(CC(=O)Nc2cccc(Cn3ccnc3)c2)c1C. The smallest absolute Gasteiger partial charge is 0.339 e. The summed E-state index contributed by atoms with van der Waals surface area (Å²) in [6.45, 7) is 6.59.